The smallest absolute Gasteiger partial charge is 0.253 e. The van der Waals surface area contributed by atoms with Gasteiger partial charge in [0.2, 0.25) is 0 Å². The molecule has 0 spiro atoms. The highest BCUT2D eigenvalue weighted by Gasteiger charge is 2.10. The average Bonchev–Trinajstić information content (AvgIpc) is 2.26. The van der Waals surface area contributed by atoms with E-state index in [1.165, 1.54) is 0 Å². The maximum absolute atomic E-state index is 11.8. The molecule has 0 unspecified atom stereocenters. The SMILES string of the molecule is CN(CCC#N)C(=O)c1ccc(I)cc1. The summed E-state index contributed by atoms with van der Waals surface area (Å²) in [6.45, 7) is 0.474. The van der Waals surface area contributed by atoms with E-state index >= 15 is 0 Å². The lowest BCUT2D eigenvalue weighted by molar-refractivity contribution is 0.0798. The second kappa shape index (κ2) is 5.71. The van der Waals surface area contributed by atoms with E-state index in [0.29, 0.717) is 18.5 Å². The van der Waals surface area contributed by atoms with Gasteiger partial charge in [-0.2, -0.15) is 5.26 Å². The molecular weight excluding hydrogens is 303 g/mol. The van der Waals surface area contributed by atoms with E-state index < -0.39 is 0 Å². The zero-order chi connectivity index (χ0) is 11.3. The molecule has 0 fully saturated rings. The molecule has 1 amide bonds. The predicted octanol–water partition coefficient (Wildman–Crippen LogP) is 2.28. The molecule has 0 heterocycles. The molecule has 1 rings (SSSR count). The highest BCUT2D eigenvalue weighted by atomic mass is 127. The third-order valence-corrected chi connectivity index (χ3v) is 2.72. The van der Waals surface area contributed by atoms with Crippen LogP contribution in [0.2, 0.25) is 0 Å². The van der Waals surface area contributed by atoms with Crippen molar-refractivity contribution in [3.05, 3.63) is 33.4 Å². The zero-order valence-corrected chi connectivity index (χ0v) is 10.6. The van der Waals surface area contributed by atoms with E-state index in [9.17, 15) is 4.79 Å². The van der Waals surface area contributed by atoms with E-state index in [0.717, 1.165) is 3.57 Å². The van der Waals surface area contributed by atoms with Crippen molar-refractivity contribution in [3.8, 4) is 6.07 Å². The molecule has 0 aliphatic heterocycles. The molecule has 0 atom stereocenters. The van der Waals surface area contributed by atoms with Crippen LogP contribution in [0.5, 0.6) is 0 Å². The van der Waals surface area contributed by atoms with Crippen molar-refractivity contribution in [2.45, 2.75) is 6.42 Å². The predicted molar refractivity (Wildman–Crippen MR) is 66.3 cm³/mol. The van der Waals surface area contributed by atoms with E-state index in [4.69, 9.17) is 5.26 Å². The number of amides is 1. The highest BCUT2D eigenvalue weighted by Crippen LogP contribution is 2.08. The van der Waals surface area contributed by atoms with Gasteiger partial charge in [0.05, 0.1) is 12.5 Å². The fourth-order valence-corrected chi connectivity index (χ4v) is 1.49. The number of carbonyl (C=O) groups excluding carboxylic acids is 1. The minimum atomic E-state index is -0.0401. The lowest BCUT2D eigenvalue weighted by Crippen LogP contribution is -2.27. The van der Waals surface area contributed by atoms with Crippen LogP contribution in [0.15, 0.2) is 24.3 Å². The van der Waals surface area contributed by atoms with Crippen molar-refractivity contribution < 1.29 is 4.79 Å². The lowest BCUT2D eigenvalue weighted by Gasteiger charge is -2.15. The minimum Gasteiger partial charge on any atom is -0.341 e. The maximum Gasteiger partial charge on any atom is 0.253 e. The Kier molecular flexibility index (Phi) is 4.56. The van der Waals surface area contributed by atoms with Crippen molar-refractivity contribution >= 4 is 28.5 Å². The zero-order valence-electron chi connectivity index (χ0n) is 8.40. The van der Waals surface area contributed by atoms with Gasteiger partial charge in [0.1, 0.15) is 0 Å². The van der Waals surface area contributed by atoms with Gasteiger partial charge in [0, 0.05) is 22.7 Å². The second-order valence-corrected chi connectivity index (χ2v) is 4.39. The van der Waals surface area contributed by atoms with Crippen LogP contribution in [0.4, 0.5) is 0 Å². The molecule has 0 bridgehead atoms. The van der Waals surface area contributed by atoms with Crippen LogP contribution < -0.4 is 0 Å². The second-order valence-electron chi connectivity index (χ2n) is 3.14. The Hall–Kier alpha value is -1.09. The molecule has 0 aromatic heterocycles. The topological polar surface area (TPSA) is 44.1 Å². The molecule has 0 radical (unpaired) electrons. The minimum absolute atomic E-state index is 0.0401. The molecule has 3 nitrogen and oxygen atoms in total. The van der Waals surface area contributed by atoms with Crippen LogP contribution in [0.3, 0.4) is 0 Å². The fourth-order valence-electron chi connectivity index (χ4n) is 1.13. The first kappa shape index (κ1) is 12.0. The van der Waals surface area contributed by atoms with Gasteiger partial charge >= 0.3 is 0 Å². The third kappa shape index (κ3) is 3.51. The van der Waals surface area contributed by atoms with Crippen LogP contribution in [0, 0.1) is 14.9 Å². The Morgan fingerprint density at radius 2 is 2.07 bits per heavy atom. The van der Waals surface area contributed by atoms with Crippen LogP contribution >= 0.6 is 22.6 Å². The van der Waals surface area contributed by atoms with Gasteiger partial charge in [0.15, 0.2) is 0 Å². The van der Waals surface area contributed by atoms with Crippen molar-refractivity contribution in [3.63, 3.8) is 0 Å². The Labute approximate surface area is 103 Å². The molecule has 0 saturated carbocycles. The number of hydrogen-bond donors (Lipinski definition) is 0. The van der Waals surface area contributed by atoms with Crippen LogP contribution in [0.1, 0.15) is 16.8 Å². The molecule has 1 aromatic rings. The molecular formula is C11H11IN2O. The van der Waals surface area contributed by atoms with E-state index in [-0.39, 0.29) is 5.91 Å². The quantitative estimate of drug-likeness (QED) is 0.804. The largest absolute Gasteiger partial charge is 0.341 e. The maximum atomic E-state index is 11.8. The Morgan fingerprint density at radius 1 is 1.47 bits per heavy atom. The van der Waals surface area contributed by atoms with Crippen LogP contribution in [-0.4, -0.2) is 24.4 Å². The van der Waals surface area contributed by atoms with Crippen molar-refractivity contribution in [1.29, 1.82) is 5.26 Å². The molecule has 4 heteroatoms. The molecule has 78 valence electrons. The molecule has 15 heavy (non-hydrogen) atoms. The highest BCUT2D eigenvalue weighted by molar-refractivity contribution is 14.1. The summed E-state index contributed by atoms with van der Waals surface area (Å²) in [4.78, 5) is 13.3. The standard InChI is InChI=1S/C11H11IN2O/c1-14(8-2-7-13)11(15)9-3-5-10(12)6-4-9/h3-6H,2,8H2,1H3. The Balaban J connectivity index is 2.68. The van der Waals surface area contributed by atoms with Crippen molar-refractivity contribution in [2.24, 2.45) is 0 Å². The molecule has 0 aliphatic rings. The van der Waals surface area contributed by atoms with Crippen LogP contribution in [0.25, 0.3) is 0 Å². The summed E-state index contributed by atoms with van der Waals surface area (Å²) >= 11 is 2.19. The first-order chi connectivity index (χ1) is 7.15. The monoisotopic (exact) mass is 314 g/mol. The Bertz CT molecular complexity index is 381. The van der Waals surface area contributed by atoms with Crippen molar-refractivity contribution in [2.75, 3.05) is 13.6 Å². The van der Waals surface area contributed by atoms with E-state index in [1.807, 2.05) is 18.2 Å². The van der Waals surface area contributed by atoms with E-state index in [1.54, 1.807) is 24.1 Å². The van der Waals surface area contributed by atoms with Gasteiger partial charge in [-0.1, -0.05) is 0 Å². The summed E-state index contributed by atoms with van der Waals surface area (Å²) in [5, 5.41) is 8.41. The van der Waals surface area contributed by atoms with Gasteiger partial charge in [-0.05, 0) is 46.9 Å². The van der Waals surface area contributed by atoms with Gasteiger partial charge in [-0.3, -0.25) is 4.79 Å². The Morgan fingerprint density at radius 3 is 2.60 bits per heavy atom. The third-order valence-electron chi connectivity index (χ3n) is 2.00. The number of halogens is 1. The van der Waals surface area contributed by atoms with Gasteiger partial charge in [0.25, 0.3) is 5.91 Å². The number of hydrogen-bond acceptors (Lipinski definition) is 2. The van der Waals surface area contributed by atoms with Crippen molar-refractivity contribution in [1.82, 2.24) is 4.90 Å². The fraction of sp³-hybridized carbons (Fsp3) is 0.273. The molecule has 0 saturated heterocycles. The summed E-state index contributed by atoms with van der Waals surface area (Å²) < 4.78 is 1.10. The number of nitriles is 1. The van der Waals surface area contributed by atoms with Crippen LogP contribution in [-0.2, 0) is 0 Å². The summed E-state index contributed by atoms with van der Waals surface area (Å²) in [5.74, 6) is -0.0401. The molecule has 0 aliphatic carbocycles. The molecule has 0 N–H and O–H groups in total. The average molecular weight is 314 g/mol. The van der Waals surface area contributed by atoms with Gasteiger partial charge in [-0.25, -0.2) is 0 Å². The van der Waals surface area contributed by atoms with E-state index in [2.05, 4.69) is 22.6 Å². The summed E-state index contributed by atoms with van der Waals surface area (Å²) in [5.41, 5.74) is 0.663. The summed E-state index contributed by atoms with van der Waals surface area (Å²) in [6.07, 6.45) is 0.368. The first-order valence-corrected chi connectivity index (χ1v) is 5.61. The lowest BCUT2D eigenvalue weighted by atomic mass is 10.2. The first-order valence-electron chi connectivity index (χ1n) is 4.53. The number of carbonyl (C=O) groups is 1. The number of nitrogens with zero attached hydrogens (tertiary/aromatic N) is 2. The summed E-state index contributed by atoms with van der Waals surface area (Å²) in [7, 11) is 1.71. The molecule has 1 aromatic carbocycles. The summed E-state index contributed by atoms with van der Waals surface area (Å²) in [6, 6.07) is 9.41. The van der Waals surface area contributed by atoms with Gasteiger partial charge in [-0.15, -0.1) is 0 Å². The number of benzene rings is 1. The number of rotatable bonds is 3. The normalized spacial score (nSPS) is 9.40. The van der Waals surface area contributed by atoms with Gasteiger partial charge < -0.3 is 4.90 Å².